The molecule has 0 aliphatic rings. The highest BCUT2D eigenvalue weighted by Gasteiger charge is 2.44. The molecule has 3 N–H and O–H groups in total. The van der Waals surface area contributed by atoms with Crippen molar-refractivity contribution in [2.75, 3.05) is 5.32 Å². The average Bonchev–Trinajstić information content (AvgIpc) is 3.60. The normalized spacial score (nSPS) is 12.4. The third-order valence-electron chi connectivity index (χ3n) is 10.5. The number of carbonyl (C=O) groups excluding carboxylic acids is 2. The zero-order chi connectivity index (χ0) is 41.2. The Morgan fingerprint density at radius 1 is 0.712 bits per heavy atom. The number of aliphatic hydroxyl groups excluding tert-OH is 1. The Balaban J connectivity index is 1.23. The van der Waals surface area contributed by atoms with Gasteiger partial charge in [0.2, 0.25) is 0 Å². The van der Waals surface area contributed by atoms with E-state index in [4.69, 9.17) is 4.74 Å². The Kier molecular flexibility index (Phi) is 12.9. The van der Waals surface area contributed by atoms with Crippen LogP contribution in [0.2, 0.25) is 0 Å². The van der Waals surface area contributed by atoms with Gasteiger partial charge in [-0.3, -0.25) is 9.59 Å². The standard InChI is InChI=1S/C51H47FN2O5/c1-2-18-44-47(50(57)53-42-27-16-7-17-28-42)46(36-19-8-3-9-20-36)48(37-29-31-41(52)32-30-37)54(44)34-33-43(55)35-45(56)59-49(38-21-10-4-11-22-38)51(58,39-23-12-5-13-24-39)40-25-14-6-15-26-40/h3-17,19-32,43,49,55,58H,2,18,33-35H2,1H3,(H,53,57). The maximum Gasteiger partial charge on any atom is 0.309 e. The number of aliphatic hydroxyl groups is 2. The minimum atomic E-state index is -1.76. The SMILES string of the molecule is CCCc1c(C(=O)Nc2ccccc2)c(-c2ccccc2)c(-c2ccc(F)cc2)n1CCC(O)CC(=O)OC(c1ccccc1)C(O)(c1ccccc1)c1ccccc1. The maximum absolute atomic E-state index is 14.4. The van der Waals surface area contributed by atoms with Gasteiger partial charge in [0, 0.05) is 23.5 Å². The van der Waals surface area contributed by atoms with E-state index < -0.39 is 29.6 Å². The van der Waals surface area contributed by atoms with E-state index in [9.17, 15) is 24.2 Å². The Morgan fingerprint density at radius 2 is 1.24 bits per heavy atom. The molecule has 1 heterocycles. The number of nitrogens with zero attached hydrogens (tertiary/aromatic N) is 1. The number of para-hydroxylation sites is 1. The van der Waals surface area contributed by atoms with E-state index >= 15 is 0 Å². The number of rotatable bonds is 16. The van der Waals surface area contributed by atoms with Gasteiger partial charge in [-0.25, -0.2) is 4.39 Å². The Hall–Kier alpha value is -6.61. The second-order valence-electron chi connectivity index (χ2n) is 14.6. The van der Waals surface area contributed by atoms with Crippen LogP contribution in [0, 0.1) is 5.82 Å². The van der Waals surface area contributed by atoms with Gasteiger partial charge in [0.25, 0.3) is 5.91 Å². The highest BCUT2D eigenvalue weighted by molar-refractivity contribution is 6.12. The van der Waals surface area contributed by atoms with Crippen LogP contribution in [-0.4, -0.2) is 32.8 Å². The number of nitrogens with one attached hydrogen (secondary N) is 1. The Labute approximate surface area is 344 Å². The average molecular weight is 787 g/mol. The van der Waals surface area contributed by atoms with Crippen LogP contribution in [0.1, 0.15) is 65.0 Å². The predicted octanol–water partition coefficient (Wildman–Crippen LogP) is 10.5. The largest absolute Gasteiger partial charge is 0.454 e. The first-order valence-corrected chi connectivity index (χ1v) is 20.0. The summed E-state index contributed by atoms with van der Waals surface area (Å²) in [6, 6.07) is 52.4. The molecule has 6 aromatic carbocycles. The number of esters is 1. The van der Waals surface area contributed by atoms with Crippen LogP contribution in [0.15, 0.2) is 176 Å². The van der Waals surface area contributed by atoms with Crippen LogP contribution in [0.4, 0.5) is 10.1 Å². The molecule has 0 radical (unpaired) electrons. The summed E-state index contributed by atoms with van der Waals surface area (Å²) in [6.45, 7) is 2.27. The number of ether oxygens (including phenoxy) is 1. The molecule has 1 aromatic heterocycles. The second kappa shape index (κ2) is 18.8. The van der Waals surface area contributed by atoms with Gasteiger partial charge in [-0.2, -0.15) is 0 Å². The molecule has 0 bridgehead atoms. The first-order valence-electron chi connectivity index (χ1n) is 20.0. The van der Waals surface area contributed by atoms with Crippen LogP contribution in [0.3, 0.4) is 0 Å². The molecule has 0 aliphatic heterocycles. The number of hydrogen-bond acceptors (Lipinski definition) is 5. The molecule has 7 nitrogen and oxygen atoms in total. The highest BCUT2D eigenvalue weighted by atomic mass is 19.1. The van der Waals surface area contributed by atoms with E-state index in [2.05, 4.69) is 5.32 Å². The van der Waals surface area contributed by atoms with Crippen molar-refractivity contribution in [3.63, 3.8) is 0 Å². The van der Waals surface area contributed by atoms with Crippen molar-refractivity contribution in [1.29, 1.82) is 0 Å². The van der Waals surface area contributed by atoms with Crippen molar-refractivity contribution in [1.82, 2.24) is 4.57 Å². The number of anilines is 1. The van der Waals surface area contributed by atoms with Gasteiger partial charge in [0.1, 0.15) is 5.82 Å². The van der Waals surface area contributed by atoms with Crippen molar-refractivity contribution >= 4 is 17.6 Å². The quantitative estimate of drug-likeness (QED) is 0.0847. The lowest BCUT2D eigenvalue weighted by Crippen LogP contribution is -2.38. The molecule has 7 rings (SSSR count). The molecule has 0 fully saturated rings. The lowest BCUT2D eigenvalue weighted by Gasteiger charge is -2.37. The smallest absolute Gasteiger partial charge is 0.309 e. The summed E-state index contributed by atoms with van der Waals surface area (Å²) in [5, 5.41) is 27.4. The first kappa shape index (κ1) is 40.6. The molecule has 0 saturated carbocycles. The van der Waals surface area contributed by atoms with E-state index in [1.54, 1.807) is 48.5 Å². The second-order valence-corrected chi connectivity index (χ2v) is 14.6. The summed E-state index contributed by atoms with van der Waals surface area (Å²) in [5.74, 6) is -1.37. The molecule has 8 heteroatoms. The van der Waals surface area contributed by atoms with Crippen molar-refractivity contribution in [2.24, 2.45) is 0 Å². The minimum absolute atomic E-state index is 0.125. The third kappa shape index (κ3) is 9.10. The van der Waals surface area contributed by atoms with Gasteiger partial charge in [0.05, 0.1) is 23.8 Å². The molecule has 2 atom stereocenters. The van der Waals surface area contributed by atoms with E-state index in [1.165, 1.54) is 12.1 Å². The van der Waals surface area contributed by atoms with Gasteiger partial charge in [-0.05, 0) is 77.1 Å². The van der Waals surface area contributed by atoms with Gasteiger partial charge in [-0.15, -0.1) is 0 Å². The van der Waals surface area contributed by atoms with Crippen LogP contribution < -0.4 is 5.32 Å². The monoisotopic (exact) mass is 786 g/mol. The topological polar surface area (TPSA) is 101 Å². The van der Waals surface area contributed by atoms with Gasteiger partial charge in [-0.1, -0.05) is 153 Å². The maximum atomic E-state index is 14.4. The molecule has 298 valence electrons. The molecule has 1 amide bonds. The summed E-state index contributed by atoms with van der Waals surface area (Å²) in [4.78, 5) is 28.4. The van der Waals surface area contributed by atoms with Crippen molar-refractivity contribution < 1.29 is 28.9 Å². The molecule has 7 aromatic rings. The van der Waals surface area contributed by atoms with E-state index in [0.29, 0.717) is 57.6 Å². The van der Waals surface area contributed by atoms with Gasteiger partial charge >= 0.3 is 5.97 Å². The van der Waals surface area contributed by atoms with Crippen molar-refractivity contribution in [3.05, 3.63) is 210 Å². The fraction of sp³-hybridized carbons (Fsp3) is 0.176. The summed E-state index contributed by atoms with van der Waals surface area (Å²) in [7, 11) is 0. The number of amides is 1. The number of hydrogen-bond donors (Lipinski definition) is 3. The van der Waals surface area contributed by atoms with Crippen LogP contribution in [-0.2, 0) is 28.1 Å². The number of halogens is 1. The third-order valence-corrected chi connectivity index (χ3v) is 10.5. The molecule has 2 unspecified atom stereocenters. The Bertz CT molecular complexity index is 2400. The van der Waals surface area contributed by atoms with E-state index in [-0.39, 0.29) is 25.3 Å². The molecule has 59 heavy (non-hydrogen) atoms. The van der Waals surface area contributed by atoms with Gasteiger partial charge < -0.3 is 24.8 Å². The minimum Gasteiger partial charge on any atom is -0.454 e. The summed E-state index contributed by atoms with van der Waals surface area (Å²) in [6.07, 6.45) is -1.29. The summed E-state index contributed by atoms with van der Waals surface area (Å²) >= 11 is 0. The first-order chi connectivity index (χ1) is 28.8. The van der Waals surface area contributed by atoms with Crippen LogP contribution in [0.5, 0.6) is 0 Å². The zero-order valence-electron chi connectivity index (χ0n) is 32.9. The van der Waals surface area contributed by atoms with E-state index in [0.717, 1.165) is 11.3 Å². The predicted molar refractivity (Wildman–Crippen MR) is 230 cm³/mol. The molecular weight excluding hydrogens is 740 g/mol. The number of aromatic nitrogens is 1. The summed E-state index contributed by atoms with van der Waals surface area (Å²) < 4.78 is 22.6. The van der Waals surface area contributed by atoms with E-state index in [1.807, 2.05) is 127 Å². The molecule has 0 spiro atoms. The van der Waals surface area contributed by atoms with Crippen molar-refractivity contribution in [3.8, 4) is 22.4 Å². The zero-order valence-corrected chi connectivity index (χ0v) is 32.9. The lowest BCUT2D eigenvalue weighted by atomic mass is 9.79. The fourth-order valence-electron chi connectivity index (χ4n) is 7.79. The van der Waals surface area contributed by atoms with Crippen LogP contribution in [0.25, 0.3) is 22.4 Å². The van der Waals surface area contributed by atoms with Gasteiger partial charge in [0.15, 0.2) is 11.7 Å². The molecular formula is C51H47FN2O5. The number of benzene rings is 6. The number of carbonyl (C=O) groups is 2. The highest BCUT2D eigenvalue weighted by Crippen LogP contribution is 2.44. The lowest BCUT2D eigenvalue weighted by molar-refractivity contribution is -0.165. The molecule has 0 aliphatic carbocycles. The Morgan fingerprint density at radius 3 is 1.80 bits per heavy atom. The summed E-state index contributed by atoms with van der Waals surface area (Å²) in [5.41, 5.74) is 4.68. The fourth-order valence-corrected chi connectivity index (χ4v) is 7.79. The van der Waals surface area contributed by atoms with Crippen molar-refractivity contribution in [2.45, 2.75) is 57.0 Å². The van der Waals surface area contributed by atoms with Crippen LogP contribution >= 0.6 is 0 Å². The molecule has 0 saturated heterocycles.